The van der Waals surface area contributed by atoms with Crippen LogP contribution in [0.1, 0.15) is 30.7 Å². The lowest BCUT2D eigenvalue weighted by Gasteiger charge is -2.20. The Bertz CT molecular complexity index is 512. The van der Waals surface area contributed by atoms with Crippen LogP contribution in [0.3, 0.4) is 0 Å². The molecule has 1 heteroatoms. The van der Waals surface area contributed by atoms with Gasteiger partial charge in [0.2, 0.25) is 0 Å². The van der Waals surface area contributed by atoms with E-state index >= 15 is 0 Å². The van der Waals surface area contributed by atoms with E-state index in [0.29, 0.717) is 11.8 Å². The number of hydrogen-bond donors (Lipinski definition) is 1. The van der Waals surface area contributed by atoms with Gasteiger partial charge in [0.05, 0.1) is 0 Å². The van der Waals surface area contributed by atoms with Crippen molar-refractivity contribution in [2.45, 2.75) is 25.2 Å². The molecule has 17 heavy (non-hydrogen) atoms. The fraction of sp³-hybridized carbons (Fsp3) is 0.375. The second-order valence-electron chi connectivity index (χ2n) is 5.10. The Morgan fingerprint density at radius 2 is 1.82 bits per heavy atom. The Kier molecular flexibility index (Phi) is 2.86. The molecule has 2 atom stereocenters. The van der Waals surface area contributed by atoms with Crippen LogP contribution in [0.15, 0.2) is 42.5 Å². The van der Waals surface area contributed by atoms with Crippen LogP contribution in [0, 0.1) is 5.92 Å². The molecule has 3 rings (SSSR count). The van der Waals surface area contributed by atoms with Crippen molar-refractivity contribution in [2.24, 2.45) is 11.7 Å². The summed E-state index contributed by atoms with van der Waals surface area (Å²) in [6, 6.07) is 15.4. The first kappa shape index (κ1) is 10.8. The van der Waals surface area contributed by atoms with Gasteiger partial charge < -0.3 is 5.73 Å². The number of benzene rings is 2. The van der Waals surface area contributed by atoms with Gasteiger partial charge in [-0.05, 0) is 47.6 Å². The molecular weight excluding hydrogens is 206 g/mol. The SMILES string of the molecule is NCC1CCCC1c1cccc2ccccc12. The van der Waals surface area contributed by atoms with Crippen LogP contribution < -0.4 is 5.73 Å². The highest BCUT2D eigenvalue weighted by molar-refractivity contribution is 5.86. The van der Waals surface area contributed by atoms with Crippen molar-refractivity contribution in [3.63, 3.8) is 0 Å². The van der Waals surface area contributed by atoms with E-state index in [1.807, 2.05) is 0 Å². The lowest BCUT2D eigenvalue weighted by atomic mass is 9.86. The molecular formula is C16H19N. The number of hydrogen-bond acceptors (Lipinski definition) is 1. The summed E-state index contributed by atoms with van der Waals surface area (Å²) in [6.07, 6.45) is 3.93. The highest BCUT2D eigenvalue weighted by Crippen LogP contribution is 2.41. The molecule has 1 saturated carbocycles. The molecule has 1 aliphatic carbocycles. The van der Waals surface area contributed by atoms with Crippen molar-refractivity contribution in [3.05, 3.63) is 48.0 Å². The van der Waals surface area contributed by atoms with E-state index in [9.17, 15) is 0 Å². The monoisotopic (exact) mass is 225 g/mol. The van der Waals surface area contributed by atoms with Gasteiger partial charge in [-0.2, -0.15) is 0 Å². The minimum absolute atomic E-state index is 0.672. The zero-order valence-corrected chi connectivity index (χ0v) is 10.1. The van der Waals surface area contributed by atoms with Crippen LogP contribution in [0.5, 0.6) is 0 Å². The maximum Gasteiger partial charge on any atom is -0.00430 e. The lowest BCUT2D eigenvalue weighted by molar-refractivity contribution is 0.498. The lowest BCUT2D eigenvalue weighted by Crippen LogP contribution is -2.17. The fourth-order valence-electron chi connectivity index (χ4n) is 3.30. The third-order valence-corrected chi connectivity index (χ3v) is 4.18. The summed E-state index contributed by atoms with van der Waals surface area (Å²) in [7, 11) is 0. The van der Waals surface area contributed by atoms with Crippen molar-refractivity contribution in [2.75, 3.05) is 6.54 Å². The molecule has 0 spiro atoms. The summed E-state index contributed by atoms with van der Waals surface area (Å²) in [6.45, 7) is 0.827. The molecule has 0 heterocycles. The molecule has 1 nitrogen and oxygen atoms in total. The quantitative estimate of drug-likeness (QED) is 0.829. The van der Waals surface area contributed by atoms with Crippen molar-refractivity contribution < 1.29 is 0 Å². The van der Waals surface area contributed by atoms with Gasteiger partial charge in [0.1, 0.15) is 0 Å². The standard InChI is InChI=1S/C16H19N/c17-11-13-7-4-9-15(13)16-10-3-6-12-5-1-2-8-14(12)16/h1-3,5-6,8,10,13,15H,4,7,9,11,17H2. The molecule has 0 saturated heterocycles. The molecule has 2 N–H and O–H groups in total. The van der Waals surface area contributed by atoms with Crippen molar-refractivity contribution in [1.29, 1.82) is 0 Å². The Balaban J connectivity index is 2.10. The molecule has 1 aliphatic rings. The van der Waals surface area contributed by atoms with E-state index in [1.54, 1.807) is 0 Å². The average molecular weight is 225 g/mol. The Morgan fingerprint density at radius 3 is 2.71 bits per heavy atom. The van der Waals surface area contributed by atoms with Gasteiger partial charge in [0.25, 0.3) is 0 Å². The molecule has 0 bridgehead atoms. The van der Waals surface area contributed by atoms with Crippen LogP contribution in [-0.4, -0.2) is 6.54 Å². The fourth-order valence-corrected chi connectivity index (χ4v) is 3.30. The van der Waals surface area contributed by atoms with Crippen LogP contribution in [0.2, 0.25) is 0 Å². The zero-order valence-electron chi connectivity index (χ0n) is 10.1. The van der Waals surface area contributed by atoms with Crippen LogP contribution in [0.4, 0.5) is 0 Å². The van der Waals surface area contributed by atoms with Gasteiger partial charge in [-0.3, -0.25) is 0 Å². The predicted octanol–water partition coefficient (Wildman–Crippen LogP) is 3.68. The highest BCUT2D eigenvalue weighted by atomic mass is 14.6. The topological polar surface area (TPSA) is 26.0 Å². The van der Waals surface area contributed by atoms with Gasteiger partial charge in [-0.1, -0.05) is 48.9 Å². The first-order chi connectivity index (χ1) is 8.40. The minimum Gasteiger partial charge on any atom is -0.330 e. The molecule has 0 aromatic heterocycles. The third kappa shape index (κ3) is 1.85. The molecule has 1 fully saturated rings. The summed E-state index contributed by atoms with van der Waals surface area (Å²) in [5.74, 6) is 1.35. The van der Waals surface area contributed by atoms with Gasteiger partial charge in [-0.25, -0.2) is 0 Å². The van der Waals surface area contributed by atoms with Gasteiger partial charge >= 0.3 is 0 Å². The molecule has 2 aromatic carbocycles. The average Bonchev–Trinajstić information content (AvgIpc) is 2.86. The third-order valence-electron chi connectivity index (χ3n) is 4.18. The molecule has 0 radical (unpaired) electrons. The van der Waals surface area contributed by atoms with Crippen LogP contribution in [-0.2, 0) is 0 Å². The number of rotatable bonds is 2. The molecule has 88 valence electrons. The van der Waals surface area contributed by atoms with Crippen LogP contribution >= 0.6 is 0 Å². The summed E-state index contributed by atoms with van der Waals surface area (Å²) in [5.41, 5.74) is 7.42. The van der Waals surface area contributed by atoms with Crippen molar-refractivity contribution in [1.82, 2.24) is 0 Å². The van der Waals surface area contributed by atoms with E-state index in [-0.39, 0.29) is 0 Å². The predicted molar refractivity (Wildman–Crippen MR) is 73.1 cm³/mol. The Hall–Kier alpha value is -1.34. The Labute approximate surface area is 103 Å². The van der Waals surface area contributed by atoms with Crippen molar-refractivity contribution in [3.8, 4) is 0 Å². The summed E-state index contributed by atoms with van der Waals surface area (Å²) < 4.78 is 0. The van der Waals surface area contributed by atoms with Gasteiger partial charge in [0, 0.05) is 0 Å². The van der Waals surface area contributed by atoms with E-state index < -0.39 is 0 Å². The Morgan fingerprint density at radius 1 is 1.00 bits per heavy atom. The second-order valence-corrected chi connectivity index (χ2v) is 5.10. The van der Waals surface area contributed by atoms with Crippen molar-refractivity contribution >= 4 is 10.8 Å². The molecule has 2 aromatic rings. The number of nitrogens with two attached hydrogens (primary N) is 1. The molecule has 0 amide bonds. The summed E-state index contributed by atoms with van der Waals surface area (Å²) in [4.78, 5) is 0. The minimum atomic E-state index is 0.672. The first-order valence-electron chi connectivity index (χ1n) is 6.58. The highest BCUT2D eigenvalue weighted by Gasteiger charge is 2.28. The summed E-state index contributed by atoms with van der Waals surface area (Å²) in [5, 5.41) is 2.77. The second kappa shape index (κ2) is 4.50. The van der Waals surface area contributed by atoms with Crippen LogP contribution in [0.25, 0.3) is 10.8 Å². The summed E-state index contributed by atoms with van der Waals surface area (Å²) >= 11 is 0. The maximum atomic E-state index is 5.91. The smallest absolute Gasteiger partial charge is 0.00430 e. The molecule has 2 unspecified atom stereocenters. The maximum absolute atomic E-state index is 5.91. The van der Waals surface area contributed by atoms with Gasteiger partial charge in [0.15, 0.2) is 0 Å². The largest absolute Gasteiger partial charge is 0.330 e. The van der Waals surface area contributed by atoms with E-state index in [2.05, 4.69) is 42.5 Å². The van der Waals surface area contributed by atoms with E-state index in [4.69, 9.17) is 5.73 Å². The zero-order chi connectivity index (χ0) is 11.7. The van der Waals surface area contributed by atoms with E-state index in [0.717, 1.165) is 6.54 Å². The first-order valence-corrected chi connectivity index (χ1v) is 6.58. The molecule has 0 aliphatic heterocycles. The normalized spacial score (nSPS) is 24.3. The van der Waals surface area contributed by atoms with E-state index in [1.165, 1.54) is 35.6 Å². The number of fused-ring (bicyclic) bond motifs is 1. The van der Waals surface area contributed by atoms with Gasteiger partial charge in [-0.15, -0.1) is 0 Å².